The summed E-state index contributed by atoms with van der Waals surface area (Å²) in [6.45, 7) is 0. The van der Waals surface area contributed by atoms with Gasteiger partial charge in [-0.25, -0.2) is 13.7 Å². The van der Waals surface area contributed by atoms with Crippen LogP contribution in [0.5, 0.6) is 0 Å². The van der Waals surface area contributed by atoms with Crippen LogP contribution >= 0.6 is 23.5 Å². The topological polar surface area (TPSA) is 261 Å². The van der Waals surface area contributed by atoms with Crippen molar-refractivity contribution in [2.45, 2.75) is 36.6 Å². The number of hydrogen-bond donors (Lipinski definition) is 9. The Bertz CT molecular complexity index is 587. The van der Waals surface area contributed by atoms with Gasteiger partial charge in [-0.15, -0.1) is 0 Å². The molecule has 27 heavy (non-hydrogen) atoms. The summed E-state index contributed by atoms with van der Waals surface area (Å²) in [6.07, 6.45) is -14.3. The Labute approximate surface area is 218 Å². The van der Waals surface area contributed by atoms with Gasteiger partial charge in [0.2, 0.25) is 0 Å². The van der Waals surface area contributed by atoms with E-state index in [2.05, 4.69) is 13.6 Å². The van der Waals surface area contributed by atoms with Crippen LogP contribution in [0.25, 0.3) is 0 Å². The van der Waals surface area contributed by atoms with Gasteiger partial charge in [0.1, 0.15) is 36.6 Å². The molecule has 1 rings (SSSR count). The summed E-state index contributed by atoms with van der Waals surface area (Å²) in [5.41, 5.74) is 0. The number of aliphatic hydroxyl groups excluding tert-OH is 3. The molecule has 0 spiro atoms. The molecule has 1 aliphatic carbocycles. The van der Waals surface area contributed by atoms with Crippen molar-refractivity contribution < 1.29 is 161 Å². The number of phosphoric acid groups is 3. The molecule has 21 heteroatoms. The van der Waals surface area contributed by atoms with Crippen LogP contribution in [0, 0.1) is 0 Å². The van der Waals surface area contributed by atoms with Crippen LogP contribution in [0.1, 0.15) is 0 Å². The maximum Gasteiger partial charge on any atom is 1.00 e. The minimum absolute atomic E-state index is 0. The third-order valence-corrected chi connectivity index (χ3v) is 4.35. The second kappa shape index (κ2) is 13.0. The van der Waals surface area contributed by atoms with E-state index in [0.29, 0.717) is 0 Å². The Morgan fingerprint density at radius 3 is 1.00 bits per heavy atom. The quantitative estimate of drug-likeness (QED) is 0.124. The van der Waals surface area contributed by atoms with Gasteiger partial charge in [-0.05, 0) is 0 Å². The zero-order chi connectivity index (χ0) is 19.1. The van der Waals surface area contributed by atoms with Crippen LogP contribution in [-0.2, 0) is 27.3 Å². The van der Waals surface area contributed by atoms with Crippen LogP contribution in [-0.4, -0.2) is 81.3 Å². The maximum absolute atomic E-state index is 10.9. The van der Waals surface area contributed by atoms with Crippen LogP contribution in [0.3, 0.4) is 0 Å². The summed E-state index contributed by atoms with van der Waals surface area (Å²) in [5.74, 6) is 0. The number of rotatable bonds is 6. The van der Waals surface area contributed by atoms with Crippen molar-refractivity contribution in [1.29, 1.82) is 0 Å². The second-order valence-electron chi connectivity index (χ2n) is 4.65. The molecule has 0 bridgehead atoms. The molecular formula is C6H15Na3O15P3+3. The van der Waals surface area contributed by atoms with Crippen LogP contribution < -0.4 is 88.7 Å². The molecule has 1 aliphatic rings. The Kier molecular flexibility index (Phi) is 16.8. The molecule has 0 unspecified atom stereocenters. The van der Waals surface area contributed by atoms with Crippen molar-refractivity contribution in [3.8, 4) is 0 Å². The SMILES string of the molecule is O=P(O)(O)O[C@@H]1[C@H](O)[C@H](O)[C@@H](OP(=O)(O)O)[C@H](OP(=O)(O)O)[C@H]1O.[Na+].[Na+].[Na+]. The third kappa shape index (κ3) is 12.1. The van der Waals surface area contributed by atoms with Crippen LogP contribution in [0.2, 0.25) is 0 Å². The summed E-state index contributed by atoms with van der Waals surface area (Å²) >= 11 is 0. The Balaban J connectivity index is -0.00000192. The molecule has 9 N–H and O–H groups in total. The fourth-order valence-electron chi connectivity index (χ4n) is 2.01. The van der Waals surface area contributed by atoms with E-state index in [-0.39, 0.29) is 88.7 Å². The summed E-state index contributed by atoms with van der Waals surface area (Å²) in [7, 11) is -16.2. The molecule has 0 aromatic heterocycles. The van der Waals surface area contributed by atoms with Crippen molar-refractivity contribution in [2.24, 2.45) is 0 Å². The molecule has 0 aromatic rings. The Morgan fingerprint density at radius 2 is 0.704 bits per heavy atom. The van der Waals surface area contributed by atoms with E-state index >= 15 is 0 Å². The third-order valence-electron chi connectivity index (χ3n) is 2.80. The van der Waals surface area contributed by atoms with E-state index in [9.17, 15) is 29.0 Å². The summed E-state index contributed by atoms with van der Waals surface area (Å²) in [6, 6.07) is 0. The van der Waals surface area contributed by atoms with Gasteiger partial charge >= 0.3 is 112 Å². The van der Waals surface area contributed by atoms with E-state index in [1.807, 2.05) is 0 Å². The molecule has 6 atom stereocenters. The van der Waals surface area contributed by atoms with Crippen molar-refractivity contribution in [3.05, 3.63) is 0 Å². The van der Waals surface area contributed by atoms with Gasteiger partial charge in [-0.1, -0.05) is 0 Å². The first kappa shape index (κ1) is 34.8. The molecule has 0 aliphatic heterocycles. The largest absolute Gasteiger partial charge is 1.00 e. The summed E-state index contributed by atoms with van der Waals surface area (Å²) in [5, 5.41) is 29.3. The van der Waals surface area contributed by atoms with Gasteiger partial charge in [0.25, 0.3) is 0 Å². The van der Waals surface area contributed by atoms with Crippen molar-refractivity contribution >= 4 is 23.5 Å². The second-order valence-corrected chi connectivity index (χ2v) is 8.23. The molecule has 0 radical (unpaired) electrons. The van der Waals surface area contributed by atoms with E-state index < -0.39 is 60.1 Å². The number of phosphoric ester groups is 3. The summed E-state index contributed by atoms with van der Waals surface area (Å²) < 4.78 is 44.7. The molecular weight excluding hydrogens is 474 g/mol. The maximum atomic E-state index is 10.9. The first-order valence-corrected chi connectivity index (χ1v) is 10.4. The van der Waals surface area contributed by atoms with Gasteiger partial charge in [-0.3, -0.25) is 13.6 Å². The van der Waals surface area contributed by atoms with E-state index in [0.717, 1.165) is 0 Å². The van der Waals surface area contributed by atoms with Crippen LogP contribution in [0.15, 0.2) is 0 Å². The first-order valence-electron chi connectivity index (χ1n) is 5.78. The van der Waals surface area contributed by atoms with E-state index in [1.54, 1.807) is 0 Å². The molecule has 15 nitrogen and oxygen atoms in total. The van der Waals surface area contributed by atoms with Gasteiger partial charge in [0.15, 0.2) is 0 Å². The fourth-order valence-corrected chi connectivity index (χ4v) is 3.70. The molecule has 144 valence electrons. The first-order chi connectivity index (χ1) is 10.5. The van der Waals surface area contributed by atoms with E-state index in [1.165, 1.54) is 0 Å². The molecule has 1 saturated carbocycles. The zero-order valence-electron chi connectivity index (χ0n) is 14.3. The monoisotopic (exact) mass is 489 g/mol. The minimum atomic E-state index is -5.43. The zero-order valence-corrected chi connectivity index (χ0v) is 23.0. The van der Waals surface area contributed by atoms with Gasteiger partial charge in [0, 0.05) is 0 Å². The Hall–Kier alpha value is 3.21. The summed E-state index contributed by atoms with van der Waals surface area (Å²) in [4.78, 5) is 52.4. The molecule has 0 amide bonds. The number of aliphatic hydroxyl groups is 3. The molecule has 0 saturated heterocycles. The van der Waals surface area contributed by atoms with Crippen molar-refractivity contribution in [1.82, 2.24) is 0 Å². The van der Waals surface area contributed by atoms with Crippen molar-refractivity contribution in [2.75, 3.05) is 0 Å². The normalized spacial score (nSPS) is 31.9. The molecule has 0 heterocycles. The van der Waals surface area contributed by atoms with Gasteiger partial charge < -0.3 is 44.7 Å². The van der Waals surface area contributed by atoms with Crippen molar-refractivity contribution in [3.63, 3.8) is 0 Å². The average Bonchev–Trinajstić information content (AvgIpc) is 2.32. The standard InChI is InChI=1S/C6H15O15P3.3Na/c7-1-2(8)5(20-23(13,14)15)6(21-24(16,17)18)3(9)4(1)19-22(10,11)12;;;/h1-9H,(H2,10,11,12)(H2,13,14,15)(H2,16,17,18);;;/q;3*+1/t1-,2+,3+,4-,5-,6-;;;/m1.../s1. The van der Waals surface area contributed by atoms with E-state index in [4.69, 9.17) is 29.4 Å². The predicted octanol–water partition coefficient (Wildman–Crippen LogP) is -12.5. The van der Waals surface area contributed by atoms with Gasteiger partial charge in [0.05, 0.1) is 0 Å². The smallest absolute Gasteiger partial charge is 0.387 e. The fraction of sp³-hybridized carbons (Fsp3) is 1.00. The van der Waals surface area contributed by atoms with Gasteiger partial charge in [-0.2, -0.15) is 0 Å². The molecule has 1 fully saturated rings. The minimum Gasteiger partial charge on any atom is -0.387 e. The Morgan fingerprint density at radius 1 is 0.481 bits per heavy atom. The number of hydrogen-bond acceptors (Lipinski definition) is 9. The average molecular weight is 489 g/mol. The molecule has 0 aromatic carbocycles. The predicted molar refractivity (Wildman–Crippen MR) is 68.8 cm³/mol. The van der Waals surface area contributed by atoms with Crippen LogP contribution in [0.4, 0.5) is 0 Å².